The lowest BCUT2D eigenvalue weighted by molar-refractivity contribution is -0.141. The molecule has 1 aliphatic rings. The highest BCUT2D eigenvalue weighted by molar-refractivity contribution is 5.84. The van der Waals surface area contributed by atoms with E-state index in [0.29, 0.717) is 0 Å². The maximum atomic E-state index is 11.7. The van der Waals surface area contributed by atoms with E-state index in [1.165, 1.54) is 6.08 Å². The summed E-state index contributed by atoms with van der Waals surface area (Å²) < 4.78 is 0. The predicted octanol–water partition coefficient (Wildman–Crippen LogP) is 0.793. The van der Waals surface area contributed by atoms with Gasteiger partial charge in [0.1, 0.15) is 6.04 Å². The number of carboxylic acids is 1. The Bertz CT molecular complexity index is 309. The number of nitrogens with one attached hydrogen (secondary N) is 1. The Morgan fingerprint density at radius 2 is 2.06 bits per heavy atom. The number of aliphatic carboxylic acids is 1. The van der Waals surface area contributed by atoms with Crippen LogP contribution in [0.5, 0.6) is 0 Å². The second kappa shape index (κ2) is 5.82. The molecule has 0 heterocycles. The third kappa shape index (κ3) is 4.19. The van der Waals surface area contributed by atoms with Gasteiger partial charge in [0.2, 0.25) is 5.91 Å². The summed E-state index contributed by atoms with van der Waals surface area (Å²) in [5.74, 6) is -1.33. The first-order valence-electron chi connectivity index (χ1n) is 5.89. The molecule has 1 amide bonds. The molecule has 1 rings (SSSR count). The van der Waals surface area contributed by atoms with Gasteiger partial charge in [-0.2, -0.15) is 0 Å². The van der Waals surface area contributed by atoms with E-state index in [2.05, 4.69) is 11.9 Å². The van der Waals surface area contributed by atoms with Crippen LogP contribution in [0.25, 0.3) is 0 Å². The van der Waals surface area contributed by atoms with E-state index in [1.807, 2.05) is 0 Å². The predicted molar refractivity (Wildman–Crippen MR) is 64.4 cm³/mol. The molecule has 1 atom stereocenters. The van der Waals surface area contributed by atoms with Crippen LogP contribution in [0.2, 0.25) is 0 Å². The minimum Gasteiger partial charge on any atom is -0.480 e. The van der Waals surface area contributed by atoms with Gasteiger partial charge >= 0.3 is 5.97 Å². The van der Waals surface area contributed by atoms with Crippen LogP contribution < -0.4 is 11.1 Å². The first kappa shape index (κ1) is 13.7. The summed E-state index contributed by atoms with van der Waals surface area (Å²) >= 11 is 0. The Morgan fingerprint density at radius 1 is 1.47 bits per heavy atom. The average Bonchev–Trinajstić information content (AvgIpc) is 2.63. The van der Waals surface area contributed by atoms with Crippen LogP contribution in [0.1, 0.15) is 38.5 Å². The number of carbonyl (C=O) groups excluding carboxylic acids is 1. The van der Waals surface area contributed by atoms with Gasteiger partial charge in [0.25, 0.3) is 0 Å². The Balaban J connectivity index is 2.47. The first-order chi connectivity index (χ1) is 7.97. The number of carbonyl (C=O) groups is 2. The number of hydrogen-bond acceptors (Lipinski definition) is 3. The van der Waals surface area contributed by atoms with Crippen molar-refractivity contribution in [2.24, 2.45) is 5.73 Å². The highest BCUT2D eigenvalue weighted by atomic mass is 16.4. The molecule has 0 aromatic carbocycles. The van der Waals surface area contributed by atoms with Crippen LogP contribution >= 0.6 is 0 Å². The quantitative estimate of drug-likeness (QED) is 0.598. The van der Waals surface area contributed by atoms with Gasteiger partial charge in [0.15, 0.2) is 0 Å². The lowest BCUT2D eigenvalue weighted by Gasteiger charge is -2.23. The molecule has 1 aliphatic carbocycles. The van der Waals surface area contributed by atoms with Crippen LogP contribution in [-0.4, -0.2) is 28.6 Å². The van der Waals surface area contributed by atoms with Gasteiger partial charge in [-0.05, 0) is 19.3 Å². The Morgan fingerprint density at radius 3 is 2.53 bits per heavy atom. The Hall–Kier alpha value is -1.36. The summed E-state index contributed by atoms with van der Waals surface area (Å²) in [4.78, 5) is 22.6. The van der Waals surface area contributed by atoms with Crippen molar-refractivity contribution in [2.75, 3.05) is 0 Å². The number of rotatable bonds is 6. The minimum absolute atomic E-state index is 0.202. The van der Waals surface area contributed by atoms with Crippen molar-refractivity contribution >= 4 is 11.9 Å². The summed E-state index contributed by atoms with van der Waals surface area (Å²) in [5.41, 5.74) is 5.61. The standard InChI is InChI=1S/C12H20N2O3/c1-2-5-9(11(16)17)14-10(15)8-12(13)6-3-4-7-12/h2,9H,1,3-8,13H2,(H,14,15)(H,16,17). The Labute approximate surface area is 101 Å². The third-order valence-electron chi connectivity index (χ3n) is 3.15. The highest BCUT2D eigenvalue weighted by Gasteiger charge is 2.32. The van der Waals surface area contributed by atoms with Gasteiger partial charge < -0.3 is 16.2 Å². The fraction of sp³-hybridized carbons (Fsp3) is 0.667. The molecule has 0 aliphatic heterocycles. The Kier molecular flexibility index (Phi) is 4.69. The number of hydrogen-bond donors (Lipinski definition) is 3. The van der Waals surface area contributed by atoms with Crippen LogP contribution in [0.15, 0.2) is 12.7 Å². The smallest absolute Gasteiger partial charge is 0.326 e. The fourth-order valence-electron chi connectivity index (χ4n) is 2.21. The van der Waals surface area contributed by atoms with E-state index >= 15 is 0 Å². The SMILES string of the molecule is C=CCC(NC(=O)CC1(N)CCCC1)C(=O)O. The van der Waals surface area contributed by atoms with E-state index in [1.54, 1.807) is 0 Å². The van der Waals surface area contributed by atoms with Crippen molar-refractivity contribution in [3.8, 4) is 0 Å². The molecule has 0 bridgehead atoms. The maximum absolute atomic E-state index is 11.7. The molecule has 4 N–H and O–H groups in total. The molecule has 0 radical (unpaired) electrons. The van der Waals surface area contributed by atoms with Crippen molar-refractivity contribution in [1.29, 1.82) is 0 Å². The second-order valence-electron chi connectivity index (χ2n) is 4.73. The summed E-state index contributed by atoms with van der Waals surface area (Å²) in [7, 11) is 0. The second-order valence-corrected chi connectivity index (χ2v) is 4.73. The van der Waals surface area contributed by atoms with E-state index in [4.69, 9.17) is 10.8 Å². The number of nitrogens with two attached hydrogens (primary N) is 1. The molecule has 0 aromatic rings. The third-order valence-corrected chi connectivity index (χ3v) is 3.15. The summed E-state index contributed by atoms with van der Waals surface area (Å²) in [6, 6.07) is -0.898. The normalized spacial score (nSPS) is 19.6. The van der Waals surface area contributed by atoms with Crippen LogP contribution in [0.4, 0.5) is 0 Å². The molecule has 5 heteroatoms. The van der Waals surface area contributed by atoms with Crippen LogP contribution in [0, 0.1) is 0 Å². The maximum Gasteiger partial charge on any atom is 0.326 e. The molecule has 1 unspecified atom stereocenters. The van der Waals surface area contributed by atoms with Crippen molar-refractivity contribution in [3.05, 3.63) is 12.7 Å². The molecule has 5 nitrogen and oxygen atoms in total. The molecule has 17 heavy (non-hydrogen) atoms. The molecule has 0 aromatic heterocycles. The lowest BCUT2D eigenvalue weighted by atomic mass is 9.94. The number of amides is 1. The van der Waals surface area contributed by atoms with E-state index in [-0.39, 0.29) is 18.7 Å². The molecule has 1 fully saturated rings. The number of carboxylic acid groups (broad SMARTS) is 1. The van der Waals surface area contributed by atoms with Gasteiger partial charge in [-0.1, -0.05) is 18.9 Å². The van der Waals surface area contributed by atoms with E-state index in [0.717, 1.165) is 25.7 Å². The van der Waals surface area contributed by atoms with Gasteiger partial charge in [0, 0.05) is 12.0 Å². The van der Waals surface area contributed by atoms with Gasteiger partial charge in [-0.15, -0.1) is 6.58 Å². The zero-order chi connectivity index (χ0) is 12.9. The summed E-state index contributed by atoms with van der Waals surface area (Å²) in [6.07, 6.45) is 5.65. The fourth-order valence-corrected chi connectivity index (χ4v) is 2.21. The molecule has 0 spiro atoms. The summed E-state index contributed by atoms with van der Waals surface area (Å²) in [6.45, 7) is 3.47. The molecule has 96 valence electrons. The van der Waals surface area contributed by atoms with E-state index in [9.17, 15) is 9.59 Å². The average molecular weight is 240 g/mol. The summed E-state index contributed by atoms with van der Waals surface area (Å²) in [5, 5.41) is 11.4. The van der Waals surface area contributed by atoms with Crippen molar-refractivity contribution in [2.45, 2.75) is 50.1 Å². The zero-order valence-electron chi connectivity index (χ0n) is 9.95. The van der Waals surface area contributed by atoms with Gasteiger partial charge in [-0.3, -0.25) is 4.79 Å². The largest absolute Gasteiger partial charge is 0.480 e. The van der Waals surface area contributed by atoms with Crippen molar-refractivity contribution in [1.82, 2.24) is 5.32 Å². The molecule has 0 saturated heterocycles. The monoisotopic (exact) mass is 240 g/mol. The topological polar surface area (TPSA) is 92.4 Å². The lowest BCUT2D eigenvalue weighted by Crippen LogP contribution is -2.46. The van der Waals surface area contributed by atoms with Gasteiger partial charge in [0.05, 0.1) is 0 Å². The van der Waals surface area contributed by atoms with Crippen molar-refractivity contribution < 1.29 is 14.7 Å². The highest BCUT2D eigenvalue weighted by Crippen LogP contribution is 2.29. The first-order valence-corrected chi connectivity index (χ1v) is 5.89. The van der Waals surface area contributed by atoms with Crippen LogP contribution in [-0.2, 0) is 9.59 Å². The van der Waals surface area contributed by atoms with E-state index < -0.39 is 17.6 Å². The molecular weight excluding hydrogens is 220 g/mol. The minimum atomic E-state index is -1.05. The van der Waals surface area contributed by atoms with Crippen LogP contribution in [0.3, 0.4) is 0 Å². The zero-order valence-corrected chi connectivity index (χ0v) is 9.95. The van der Waals surface area contributed by atoms with Crippen molar-refractivity contribution in [3.63, 3.8) is 0 Å². The molecule has 1 saturated carbocycles. The molecular formula is C12H20N2O3. The van der Waals surface area contributed by atoms with Gasteiger partial charge in [-0.25, -0.2) is 4.79 Å².